The van der Waals surface area contributed by atoms with Gasteiger partial charge in [-0.2, -0.15) is 0 Å². The molecule has 1 fully saturated rings. The van der Waals surface area contributed by atoms with E-state index in [0.29, 0.717) is 11.5 Å². The minimum atomic E-state index is 0.534. The Balaban J connectivity index is 2.00. The van der Waals surface area contributed by atoms with Crippen LogP contribution >= 0.6 is 22.9 Å². The van der Waals surface area contributed by atoms with Gasteiger partial charge >= 0.3 is 0 Å². The second-order valence-corrected chi connectivity index (χ2v) is 6.47. The molecule has 1 aliphatic rings. The van der Waals surface area contributed by atoms with Crippen LogP contribution < -0.4 is 5.32 Å². The van der Waals surface area contributed by atoms with E-state index in [4.69, 9.17) is 11.6 Å². The molecule has 2 rings (SSSR count). The Morgan fingerprint density at radius 2 is 2.27 bits per heavy atom. The van der Waals surface area contributed by atoms with E-state index in [1.54, 1.807) is 11.3 Å². The van der Waals surface area contributed by atoms with Gasteiger partial charge in [-0.15, -0.1) is 11.3 Å². The third kappa shape index (κ3) is 2.74. The van der Waals surface area contributed by atoms with E-state index in [1.165, 1.54) is 17.7 Å². The number of likely N-dealkylation sites (N-methyl/N-ethyl adjacent to an activating group) is 1. The molecule has 0 aliphatic heterocycles. The highest BCUT2D eigenvalue weighted by atomic mass is 35.5. The SMILES string of the molecule is CCNC(Cc1ccc(Cl)s1)C1(C)CC1. The van der Waals surface area contributed by atoms with Crippen LogP contribution in [0.4, 0.5) is 0 Å². The number of hydrogen-bond acceptors (Lipinski definition) is 2. The van der Waals surface area contributed by atoms with Crippen molar-refractivity contribution in [3.8, 4) is 0 Å². The van der Waals surface area contributed by atoms with E-state index < -0.39 is 0 Å². The Bertz CT molecular complexity index is 330. The molecule has 3 heteroatoms. The van der Waals surface area contributed by atoms with E-state index in [2.05, 4.69) is 25.2 Å². The second kappa shape index (κ2) is 4.44. The van der Waals surface area contributed by atoms with Crippen LogP contribution in [0.3, 0.4) is 0 Å². The van der Waals surface area contributed by atoms with Crippen molar-refractivity contribution in [3.63, 3.8) is 0 Å². The maximum absolute atomic E-state index is 5.95. The molecule has 1 unspecified atom stereocenters. The van der Waals surface area contributed by atoms with Crippen LogP contribution in [0.5, 0.6) is 0 Å². The molecular formula is C12H18ClNS. The van der Waals surface area contributed by atoms with E-state index in [0.717, 1.165) is 17.3 Å². The summed E-state index contributed by atoms with van der Waals surface area (Å²) in [4.78, 5) is 1.40. The van der Waals surface area contributed by atoms with Gasteiger partial charge in [0, 0.05) is 10.9 Å². The van der Waals surface area contributed by atoms with Crippen LogP contribution in [0.15, 0.2) is 12.1 Å². The van der Waals surface area contributed by atoms with Gasteiger partial charge in [0.15, 0.2) is 0 Å². The maximum atomic E-state index is 5.95. The van der Waals surface area contributed by atoms with Crippen LogP contribution in [0.25, 0.3) is 0 Å². The quantitative estimate of drug-likeness (QED) is 0.831. The Kier molecular flexibility index (Phi) is 3.39. The lowest BCUT2D eigenvalue weighted by Gasteiger charge is -2.23. The molecule has 1 N–H and O–H groups in total. The van der Waals surface area contributed by atoms with Crippen molar-refractivity contribution >= 4 is 22.9 Å². The number of halogens is 1. The smallest absolute Gasteiger partial charge is 0.0931 e. The van der Waals surface area contributed by atoms with Gasteiger partial charge in [-0.1, -0.05) is 25.4 Å². The summed E-state index contributed by atoms with van der Waals surface area (Å²) in [7, 11) is 0. The summed E-state index contributed by atoms with van der Waals surface area (Å²) >= 11 is 7.66. The number of nitrogens with one attached hydrogen (secondary N) is 1. The van der Waals surface area contributed by atoms with Crippen molar-refractivity contribution in [3.05, 3.63) is 21.3 Å². The fourth-order valence-electron chi connectivity index (χ4n) is 2.02. The van der Waals surface area contributed by atoms with Crippen molar-refractivity contribution in [2.45, 2.75) is 39.2 Å². The molecule has 1 nitrogen and oxygen atoms in total. The Morgan fingerprint density at radius 1 is 1.53 bits per heavy atom. The average Bonchev–Trinajstić information content (AvgIpc) is 2.81. The molecule has 1 saturated carbocycles. The van der Waals surface area contributed by atoms with Gasteiger partial charge in [-0.05, 0) is 43.4 Å². The zero-order chi connectivity index (χ0) is 10.9. The Morgan fingerprint density at radius 3 is 2.73 bits per heavy atom. The van der Waals surface area contributed by atoms with Crippen LogP contribution in [0.2, 0.25) is 4.34 Å². The molecule has 1 aromatic rings. The molecule has 1 aliphatic carbocycles. The van der Waals surface area contributed by atoms with Crippen molar-refractivity contribution < 1.29 is 0 Å². The van der Waals surface area contributed by atoms with Gasteiger partial charge in [-0.25, -0.2) is 0 Å². The predicted molar refractivity (Wildman–Crippen MR) is 67.8 cm³/mol. The average molecular weight is 244 g/mol. The molecule has 0 aromatic carbocycles. The molecular weight excluding hydrogens is 226 g/mol. The van der Waals surface area contributed by atoms with Crippen LogP contribution in [-0.2, 0) is 6.42 Å². The summed E-state index contributed by atoms with van der Waals surface area (Å²) in [5.74, 6) is 0. The van der Waals surface area contributed by atoms with Gasteiger partial charge in [0.2, 0.25) is 0 Å². The first-order chi connectivity index (χ1) is 7.14. The van der Waals surface area contributed by atoms with Crippen LogP contribution in [0.1, 0.15) is 31.6 Å². The van der Waals surface area contributed by atoms with Crippen molar-refractivity contribution in [2.24, 2.45) is 5.41 Å². The van der Waals surface area contributed by atoms with Gasteiger partial charge in [-0.3, -0.25) is 0 Å². The first-order valence-electron chi connectivity index (χ1n) is 5.61. The molecule has 0 amide bonds. The molecule has 1 aromatic heterocycles. The molecule has 1 heterocycles. The molecule has 15 heavy (non-hydrogen) atoms. The van der Waals surface area contributed by atoms with Crippen LogP contribution in [0, 0.1) is 5.41 Å². The topological polar surface area (TPSA) is 12.0 Å². The third-order valence-corrected chi connectivity index (χ3v) is 4.62. The fraction of sp³-hybridized carbons (Fsp3) is 0.667. The minimum Gasteiger partial charge on any atom is -0.313 e. The molecule has 84 valence electrons. The zero-order valence-corrected chi connectivity index (χ0v) is 10.9. The second-order valence-electron chi connectivity index (χ2n) is 4.67. The minimum absolute atomic E-state index is 0.534. The molecule has 0 bridgehead atoms. The Hall–Kier alpha value is -0.0500. The molecule has 1 atom stereocenters. The third-order valence-electron chi connectivity index (χ3n) is 3.36. The summed E-state index contributed by atoms with van der Waals surface area (Å²) in [5.41, 5.74) is 0.534. The fourth-order valence-corrected chi connectivity index (χ4v) is 3.15. The first kappa shape index (κ1) is 11.4. The van der Waals surface area contributed by atoms with Gasteiger partial charge in [0.1, 0.15) is 0 Å². The first-order valence-corrected chi connectivity index (χ1v) is 6.81. The molecule has 0 spiro atoms. The summed E-state index contributed by atoms with van der Waals surface area (Å²) in [6.07, 6.45) is 3.86. The molecule has 0 radical (unpaired) electrons. The number of thiophene rings is 1. The van der Waals surface area contributed by atoms with Gasteiger partial charge < -0.3 is 5.32 Å². The van der Waals surface area contributed by atoms with Gasteiger partial charge in [0.25, 0.3) is 0 Å². The highest BCUT2D eigenvalue weighted by Crippen LogP contribution is 2.49. The van der Waals surface area contributed by atoms with Crippen molar-refractivity contribution in [2.75, 3.05) is 6.54 Å². The van der Waals surface area contributed by atoms with Gasteiger partial charge in [0.05, 0.1) is 4.34 Å². The highest BCUT2D eigenvalue weighted by molar-refractivity contribution is 7.16. The normalized spacial score (nSPS) is 20.2. The van der Waals surface area contributed by atoms with Crippen molar-refractivity contribution in [1.29, 1.82) is 0 Å². The van der Waals surface area contributed by atoms with E-state index in [-0.39, 0.29) is 0 Å². The summed E-state index contributed by atoms with van der Waals surface area (Å²) in [6.45, 7) is 5.62. The predicted octanol–water partition coefficient (Wildman–Crippen LogP) is 3.72. The number of hydrogen-bond donors (Lipinski definition) is 1. The lowest BCUT2D eigenvalue weighted by atomic mass is 9.95. The highest BCUT2D eigenvalue weighted by Gasteiger charge is 2.44. The van der Waals surface area contributed by atoms with E-state index in [9.17, 15) is 0 Å². The molecule has 0 saturated heterocycles. The Labute approximate surface area is 101 Å². The number of rotatable bonds is 5. The van der Waals surface area contributed by atoms with Crippen LogP contribution in [-0.4, -0.2) is 12.6 Å². The maximum Gasteiger partial charge on any atom is 0.0931 e. The largest absolute Gasteiger partial charge is 0.313 e. The zero-order valence-electron chi connectivity index (χ0n) is 9.35. The summed E-state index contributed by atoms with van der Waals surface area (Å²) in [5, 5.41) is 3.61. The van der Waals surface area contributed by atoms with Crippen molar-refractivity contribution in [1.82, 2.24) is 5.32 Å². The standard InChI is InChI=1S/C12H18ClNS/c1-3-14-10(12(2)6-7-12)8-9-4-5-11(13)15-9/h4-5,10,14H,3,6-8H2,1-2H3. The summed E-state index contributed by atoms with van der Waals surface area (Å²) < 4.78 is 0.904. The van der Waals surface area contributed by atoms with E-state index in [1.807, 2.05) is 6.07 Å². The summed E-state index contributed by atoms with van der Waals surface area (Å²) in [6, 6.07) is 4.78. The van der Waals surface area contributed by atoms with E-state index >= 15 is 0 Å². The monoisotopic (exact) mass is 243 g/mol. The lowest BCUT2D eigenvalue weighted by molar-refractivity contribution is 0.362. The lowest BCUT2D eigenvalue weighted by Crippen LogP contribution is -2.37.